The second-order valence-corrected chi connectivity index (χ2v) is 9.49. The summed E-state index contributed by atoms with van der Waals surface area (Å²) >= 11 is 15.6. The number of pyridine rings is 1. The highest BCUT2D eigenvalue weighted by molar-refractivity contribution is 9.10. The fourth-order valence-corrected chi connectivity index (χ4v) is 5.26. The lowest BCUT2D eigenvalue weighted by molar-refractivity contribution is 0.434. The lowest BCUT2D eigenvalue weighted by Crippen LogP contribution is -2.29. The molecule has 0 amide bonds. The molecule has 1 aliphatic rings. The summed E-state index contributed by atoms with van der Waals surface area (Å²) in [6, 6.07) is 19.9. The second kappa shape index (κ2) is 8.82. The SMILES string of the molecule is Cc1ccc(-c2ccc(C3C(c4ccccn4)NC(=S)N3c3cc(Cl)ccc3O)o2)c(Br)c1. The minimum atomic E-state index is -0.394. The first-order valence-corrected chi connectivity index (χ1v) is 11.9. The summed E-state index contributed by atoms with van der Waals surface area (Å²) < 4.78 is 7.34. The van der Waals surface area contributed by atoms with Gasteiger partial charge in [-0.3, -0.25) is 4.98 Å². The Morgan fingerprint density at radius 1 is 1.12 bits per heavy atom. The number of anilines is 1. The van der Waals surface area contributed by atoms with Crippen molar-refractivity contribution in [1.82, 2.24) is 10.3 Å². The van der Waals surface area contributed by atoms with Gasteiger partial charge in [-0.1, -0.05) is 39.7 Å². The van der Waals surface area contributed by atoms with Gasteiger partial charge in [-0.05, 0) is 79.3 Å². The molecule has 166 valence electrons. The predicted molar refractivity (Wildman–Crippen MR) is 138 cm³/mol. The molecule has 0 spiro atoms. The number of thiocarbonyl (C=S) groups is 1. The number of phenolic OH excluding ortho intramolecular Hbond substituents is 1. The van der Waals surface area contributed by atoms with Gasteiger partial charge in [-0.2, -0.15) is 0 Å². The molecule has 0 saturated carbocycles. The topological polar surface area (TPSA) is 61.5 Å². The van der Waals surface area contributed by atoms with E-state index in [0.29, 0.717) is 21.6 Å². The quantitative estimate of drug-likeness (QED) is 0.273. The van der Waals surface area contributed by atoms with Crippen LogP contribution in [-0.2, 0) is 0 Å². The number of halogens is 2. The van der Waals surface area contributed by atoms with E-state index in [1.807, 2.05) is 54.3 Å². The zero-order chi connectivity index (χ0) is 23.1. The van der Waals surface area contributed by atoms with Crippen molar-refractivity contribution >= 4 is 50.5 Å². The molecule has 2 aromatic heterocycles. The Labute approximate surface area is 210 Å². The van der Waals surface area contributed by atoms with Gasteiger partial charge in [0, 0.05) is 21.3 Å². The average molecular weight is 541 g/mol. The number of aromatic hydroxyl groups is 1. The highest BCUT2D eigenvalue weighted by Gasteiger charge is 2.43. The van der Waals surface area contributed by atoms with Gasteiger partial charge in [0.1, 0.15) is 23.3 Å². The number of furan rings is 1. The molecule has 2 atom stereocenters. The molecule has 5 rings (SSSR count). The van der Waals surface area contributed by atoms with Crippen molar-refractivity contribution in [2.24, 2.45) is 0 Å². The molecule has 1 aliphatic heterocycles. The smallest absolute Gasteiger partial charge is 0.174 e. The van der Waals surface area contributed by atoms with Crippen molar-refractivity contribution in [2.75, 3.05) is 4.90 Å². The van der Waals surface area contributed by atoms with E-state index in [2.05, 4.69) is 32.3 Å². The van der Waals surface area contributed by atoms with Crippen LogP contribution < -0.4 is 10.2 Å². The van der Waals surface area contributed by atoms with Crippen LogP contribution >= 0.6 is 39.7 Å². The van der Waals surface area contributed by atoms with Crippen molar-refractivity contribution < 1.29 is 9.52 Å². The highest BCUT2D eigenvalue weighted by atomic mass is 79.9. The van der Waals surface area contributed by atoms with Gasteiger partial charge in [0.25, 0.3) is 0 Å². The van der Waals surface area contributed by atoms with E-state index in [-0.39, 0.29) is 11.8 Å². The molecular formula is C25H19BrClN3O2S. The Balaban J connectivity index is 1.63. The molecule has 1 saturated heterocycles. The molecule has 5 nitrogen and oxygen atoms in total. The minimum Gasteiger partial charge on any atom is -0.506 e. The molecule has 3 heterocycles. The summed E-state index contributed by atoms with van der Waals surface area (Å²) in [6.45, 7) is 2.04. The van der Waals surface area contributed by atoms with Crippen LogP contribution in [0.25, 0.3) is 11.3 Å². The number of hydrogen-bond acceptors (Lipinski definition) is 4. The van der Waals surface area contributed by atoms with Crippen molar-refractivity contribution in [3.63, 3.8) is 0 Å². The zero-order valence-electron chi connectivity index (χ0n) is 17.5. The number of aryl methyl sites for hydroxylation is 1. The van der Waals surface area contributed by atoms with Gasteiger partial charge < -0.3 is 19.7 Å². The van der Waals surface area contributed by atoms with Crippen LogP contribution in [0.5, 0.6) is 5.75 Å². The van der Waals surface area contributed by atoms with E-state index in [0.717, 1.165) is 27.1 Å². The number of hydrogen-bond donors (Lipinski definition) is 2. The van der Waals surface area contributed by atoms with E-state index in [4.69, 9.17) is 28.2 Å². The van der Waals surface area contributed by atoms with Crippen LogP contribution in [0.1, 0.15) is 29.1 Å². The molecule has 0 radical (unpaired) electrons. The van der Waals surface area contributed by atoms with Crippen molar-refractivity contribution in [3.8, 4) is 17.1 Å². The zero-order valence-corrected chi connectivity index (χ0v) is 20.7. The summed E-state index contributed by atoms with van der Waals surface area (Å²) in [5.41, 5.74) is 3.41. The maximum absolute atomic E-state index is 10.6. The van der Waals surface area contributed by atoms with Gasteiger partial charge in [0.2, 0.25) is 0 Å². The fourth-order valence-electron chi connectivity index (χ4n) is 4.07. The molecule has 8 heteroatoms. The number of rotatable bonds is 4. The Morgan fingerprint density at radius 2 is 1.97 bits per heavy atom. The first-order valence-electron chi connectivity index (χ1n) is 10.3. The van der Waals surface area contributed by atoms with Crippen LogP contribution in [0.15, 0.2) is 81.8 Å². The Bertz CT molecular complexity index is 1340. The van der Waals surface area contributed by atoms with Gasteiger partial charge in [0.15, 0.2) is 5.11 Å². The lowest BCUT2D eigenvalue weighted by Gasteiger charge is -2.26. The molecule has 0 bridgehead atoms. The van der Waals surface area contributed by atoms with Gasteiger partial charge in [0.05, 0.1) is 17.4 Å². The molecule has 2 N–H and O–H groups in total. The van der Waals surface area contributed by atoms with Crippen molar-refractivity contribution in [1.29, 1.82) is 0 Å². The summed E-state index contributed by atoms with van der Waals surface area (Å²) in [4.78, 5) is 6.38. The van der Waals surface area contributed by atoms with Gasteiger partial charge in [-0.15, -0.1) is 0 Å². The third-order valence-electron chi connectivity index (χ3n) is 5.60. The van der Waals surface area contributed by atoms with Crippen LogP contribution in [0.4, 0.5) is 5.69 Å². The maximum atomic E-state index is 10.6. The third kappa shape index (κ3) is 4.12. The Hall–Kier alpha value is -2.87. The summed E-state index contributed by atoms with van der Waals surface area (Å²) in [7, 11) is 0. The number of nitrogens with zero attached hydrogens (tertiary/aromatic N) is 2. The molecular weight excluding hydrogens is 522 g/mol. The van der Waals surface area contributed by atoms with E-state index in [1.165, 1.54) is 0 Å². The van der Waals surface area contributed by atoms with Crippen molar-refractivity contribution in [2.45, 2.75) is 19.0 Å². The average Bonchev–Trinajstić information content (AvgIpc) is 3.40. The Kier molecular flexibility index (Phi) is 5.86. The van der Waals surface area contributed by atoms with Crippen LogP contribution in [0, 0.1) is 6.92 Å². The van der Waals surface area contributed by atoms with E-state index < -0.39 is 6.04 Å². The summed E-state index contributed by atoms with van der Waals surface area (Å²) in [6.07, 6.45) is 1.74. The molecule has 1 fully saturated rings. The summed E-state index contributed by atoms with van der Waals surface area (Å²) in [5.74, 6) is 1.48. The van der Waals surface area contributed by atoms with Crippen LogP contribution in [0.3, 0.4) is 0 Å². The largest absolute Gasteiger partial charge is 0.506 e. The first-order chi connectivity index (χ1) is 15.9. The molecule has 4 aromatic rings. The molecule has 2 aromatic carbocycles. The van der Waals surface area contributed by atoms with Gasteiger partial charge >= 0.3 is 0 Å². The normalized spacial score (nSPS) is 17.9. The van der Waals surface area contributed by atoms with E-state index >= 15 is 0 Å². The van der Waals surface area contributed by atoms with E-state index in [9.17, 15) is 5.11 Å². The standard InChI is InChI=1S/C25H19BrClN3O2S/c1-14-5-7-16(17(26)12-14)21-9-10-22(32-21)24-23(18-4-2-3-11-28-18)29-25(33)30(24)19-13-15(27)6-8-20(19)31/h2-13,23-24,31H,1H3,(H,29,33). The Morgan fingerprint density at radius 3 is 2.73 bits per heavy atom. The van der Waals surface area contributed by atoms with Crippen LogP contribution in [0.2, 0.25) is 5.02 Å². The summed E-state index contributed by atoms with van der Waals surface area (Å²) in [5, 5.41) is 14.9. The van der Waals surface area contributed by atoms with Gasteiger partial charge in [-0.25, -0.2) is 0 Å². The fraction of sp³-hybridized carbons (Fsp3) is 0.120. The number of aromatic nitrogens is 1. The monoisotopic (exact) mass is 539 g/mol. The van der Waals surface area contributed by atoms with E-state index in [1.54, 1.807) is 24.4 Å². The highest BCUT2D eigenvalue weighted by Crippen LogP contribution is 2.46. The number of phenols is 1. The molecule has 33 heavy (non-hydrogen) atoms. The molecule has 0 aliphatic carbocycles. The number of benzene rings is 2. The second-order valence-electron chi connectivity index (χ2n) is 7.81. The molecule has 2 unspecified atom stereocenters. The maximum Gasteiger partial charge on any atom is 0.174 e. The van der Waals surface area contributed by atoms with Crippen LogP contribution in [-0.4, -0.2) is 15.2 Å². The third-order valence-corrected chi connectivity index (χ3v) is 6.81. The predicted octanol–water partition coefficient (Wildman–Crippen LogP) is 6.95. The lowest BCUT2D eigenvalue weighted by atomic mass is 10.0. The minimum absolute atomic E-state index is 0.0725. The first kappa shape index (κ1) is 21.9. The van der Waals surface area contributed by atoms with Crippen molar-refractivity contribution in [3.05, 3.63) is 99.4 Å². The number of nitrogens with one attached hydrogen (secondary N) is 1.